The standard InChI is InChI=1S/C10H11N5/c11-15-14-4-1-2-8-6-9-3-5-12-10(9)13-7-8/h1-2,6-7H,3-5H2,(H,12,13). The lowest BCUT2D eigenvalue weighted by Crippen LogP contribution is -1.92. The summed E-state index contributed by atoms with van der Waals surface area (Å²) in [4.78, 5) is 6.97. The van der Waals surface area contributed by atoms with Crippen LogP contribution in [0.15, 0.2) is 23.5 Å². The molecule has 0 atom stereocenters. The third kappa shape index (κ3) is 2.27. The van der Waals surface area contributed by atoms with Crippen LogP contribution in [0.5, 0.6) is 0 Å². The summed E-state index contributed by atoms with van der Waals surface area (Å²) in [6.45, 7) is 1.35. The number of rotatable bonds is 3. The molecule has 5 heteroatoms. The van der Waals surface area contributed by atoms with E-state index < -0.39 is 0 Å². The first kappa shape index (κ1) is 9.55. The Morgan fingerprint density at radius 1 is 1.67 bits per heavy atom. The van der Waals surface area contributed by atoms with E-state index in [0.29, 0.717) is 6.54 Å². The molecule has 0 bridgehead atoms. The summed E-state index contributed by atoms with van der Waals surface area (Å²) < 4.78 is 0. The summed E-state index contributed by atoms with van der Waals surface area (Å²) in [7, 11) is 0. The first-order valence-corrected chi connectivity index (χ1v) is 4.80. The Morgan fingerprint density at radius 3 is 3.47 bits per heavy atom. The number of anilines is 1. The molecule has 0 aromatic carbocycles. The number of nitrogens with one attached hydrogen (secondary N) is 1. The van der Waals surface area contributed by atoms with Crippen LogP contribution in [0.2, 0.25) is 0 Å². The average molecular weight is 201 g/mol. The van der Waals surface area contributed by atoms with Gasteiger partial charge in [0.15, 0.2) is 0 Å². The molecule has 0 radical (unpaired) electrons. The number of hydrogen-bond acceptors (Lipinski definition) is 3. The summed E-state index contributed by atoms with van der Waals surface area (Å²) in [5.74, 6) is 0.988. The van der Waals surface area contributed by atoms with Crippen LogP contribution in [0.1, 0.15) is 11.1 Å². The van der Waals surface area contributed by atoms with Gasteiger partial charge in [-0.25, -0.2) is 4.98 Å². The number of pyridine rings is 1. The molecule has 2 heterocycles. The summed E-state index contributed by atoms with van der Waals surface area (Å²) in [5, 5.41) is 6.62. The van der Waals surface area contributed by atoms with Gasteiger partial charge in [0.1, 0.15) is 5.82 Å². The van der Waals surface area contributed by atoms with E-state index in [9.17, 15) is 0 Å². The van der Waals surface area contributed by atoms with E-state index in [2.05, 4.69) is 26.4 Å². The molecule has 2 rings (SSSR count). The molecule has 0 fully saturated rings. The van der Waals surface area contributed by atoms with E-state index in [1.165, 1.54) is 5.56 Å². The fraction of sp³-hybridized carbons (Fsp3) is 0.300. The zero-order valence-corrected chi connectivity index (χ0v) is 8.22. The molecule has 76 valence electrons. The van der Waals surface area contributed by atoms with Crippen molar-refractivity contribution in [1.82, 2.24) is 4.98 Å². The highest BCUT2D eigenvalue weighted by Gasteiger charge is 2.10. The molecule has 15 heavy (non-hydrogen) atoms. The molecule has 1 aromatic heterocycles. The quantitative estimate of drug-likeness (QED) is 0.463. The summed E-state index contributed by atoms with van der Waals surface area (Å²) in [6.07, 6.45) is 6.58. The molecular formula is C10H11N5. The maximum atomic E-state index is 8.09. The fourth-order valence-corrected chi connectivity index (χ4v) is 1.56. The number of azide groups is 1. The van der Waals surface area contributed by atoms with E-state index in [4.69, 9.17) is 5.53 Å². The third-order valence-corrected chi connectivity index (χ3v) is 2.24. The van der Waals surface area contributed by atoms with Crippen molar-refractivity contribution in [1.29, 1.82) is 0 Å². The molecule has 1 N–H and O–H groups in total. The van der Waals surface area contributed by atoms with Crippen molar-refractivity contribution in [2.45, 2.75) is 6.42 Å². The predicted molar refractivity (Wildman–Crippen MR) is 59.5 cm³/mol. The van der Waals surface area contributed by atoms with Gasteiger partial charge in [0, 0.05) is 24.2 Å². The molecule has 5 nitrogen and oxygen atoms in total. The average Bonchev–Trinajstić information content (AvgIpc) is 2.71. The van der Waals surface area contributed by atoms with Gasteiger partial charge in [0.25, 0.3) is 0 Å². The lowest BCUT2D eigenvalue weighted by Gasteiger charge is -1.98. The van der Waals surface area contributed by atoms with Crippen LogP contribution >= 0.6 is 0 Å². The Kier molecular flexibility index (Phi) is 2.85. The number of fused-ring (bicyclic) bond motifs is 1. The summed E-state index contributed by atoms with van der Waals surface area (Å²) in [6, 6.07) is 2.11. The van der Waals surface area contributed by atoms with Crippen molar-refractivity contribution < 1.29 is 0 Å². The SMILES string of the molecule is [N-]=[N+]=NCC=Cc1cnc2c(c1)CCN2. The maximum Gasteiger partial charge on any atom is 0.129 e. The highest BCUT2D eigenvalue weighted by molar-refractivity contribution is 5.57. The normalized spacial score (nSPS) is 13.3. The maximum absolute atomic E-state index is 8.09. The predicted octanol–water partition coefficient (Wildman–Crippen LogP) is 2.37. The second kappa shape index (κ2) is 4.48. The summed E-state index contributed by atoms with van der Waals surface area (Å²) >= 11 is 0. The van der Waals surface area contributed by atoms with Crippen LogP contribution < -0.4 is 5.32 Å². The third-order valence-electron chi connectivity index (χ3n) is 2.24. The van der Waals surface area contributed by atoms with Crippen LogP contribution in [0.25, 0.3) is 16.5 Å². The minimum absolute atomic E-state index is 0.381. The molecule has 0 saturated carbocycles. The van der Waals surface area contributed by atoms with Crippen molar-refractivity contribution in [3.05, 3.63) is 39.9 Å². The van der Waals surface area contributed by atoms with Crippen LogP contribution in [-0.2, 0) is 6.42 Å². The van der Waals surface area contributed by atoms with Crippen molar-refractivity contribution >= 4 is 11.9 Å². The van der Waals surface area contributed by atoms with Crippen LogP contribution in [0.3, 0.4) is 0 Å². The molecule has 0 amide bonds. The van der Waals surface area contributed by atoms with Crippen molar-refractivity contribution in [3.63, 3.8) is 0 Å². The van der Waals surface area contributed by atoms with Gasteiger partial charge in [-0.3, -0.25) is 0 Å². The molecule has 1 aromatic rings. The Balaban J connectivity index is 2.09. The van der Waals surface area contributed by atoms with E-state index in [1.54, 1.807) is 0 Å². The monoisotopic (exact) mass is 201 g/mol. The molecule has 0 unspecified atom stereocenters. The van der Waals surface area contributed by atoms with Gasteiger partial charge in [-0.15, -0.1) is 0 Å². The lowest BCUT2D eigenvalue weighted by atomic mass is 10.1. The Morgan fingerprint density at radius 2 is 2.60 bits per heavy atom. The zero-order valence-electron chi connectivity index (χ0n) is 8.22. The zero-order chi connectivity index (χ0) is 10.5. The van der Waals surface area contributed by atoms with Gasteiger partial charge in [0.05, 0.1) is 0 Å². The molecule has 0 spiro atoms. The lowest BCUT2D eigenvalue weighted by molar-refractivity contribution is 1.11. The highest BCUT2D eigenvalue weighted by Crippen LogP contribution is 2.20. The van der Waals surface area contributed by atoms with E-state index in [0.717, 1.165) is 24.3 Å². The Bertz CT molecular complexity index is 431. The number of nitrogens with zero attached hydrogens (tertiary/aromatic N) is 4. The van der Waals surface area contributed by atoms with E-state index in [1.807, 2.05) is 18.3 Å². The van der Waals surface area contributed by atoms with Crippen LogP contribution in [-0.4, -0.2) is 18.1 Å². The second-order valence-electron chi connectivity index (χ2n) is 3.27. The first-order chi connectivity index (χ1) is 7.40. The smallest absolute Gasteiger partial charge is 0.129 e. The van der Waals surface area contributed by atoms with Gasteiger partial charge in [0.2, 0.25) is 0 Å². The van der Waals surface area contributed by atoms with Crippen molar-refractivity contribution in [3.8, 4) is 0 Å². The largest absolute Gasteiger partial charge is 0.370 e. The van der Waals surface area contributed by atoms with Crippen LogP contribution in [0.4, 0.5) is 5.82 Å². The number of aromatic nitrogens is 1. The van der Waals surface area contributed by atoms with Crippen LogP contribution in [0, 0.1) is 0 Å². The molecule has 1 aliphatic heterocycles. The molecule has 0 saturated heterocycles. The topological polar surface area (TPSA) is 73.7 Å². The van der Waals surface area contributed by atoms with Gasteiger partial charge < -0.3 is 5.32 Å². The summed E-state index contributed by atoms with van der Waals surface area (Å²) in [5.41, 5.74) is 10.4. The van der Waals surface area contributed by atoms with Crippen molar-refractivity contribution in [2.24, 2.45) is 5.11 Å². The van der Waals surface area contributed by atoms with E-state index >= 15 is 0 Å². The van der Waals surface area contributed by atoms with E-state index in [-0.39, 0.29) is 0 Å². The van der Waals surface area contributed by atoms with Gasteiger partial charge in [-0.05, 0) is 29.1 Å². The fourth-order valence-electron chi connectivity index (χ4n) is 1.56. The molecular weight excluding hydrogens is 190 g/mol. The molecule has 1 aliphatic rings. The Labute approximate surface area is 87.5 Å². The second-order valence-corrected chi connectivity index (χ2v) is 3.27. The highest BCUT2D eigenvalue weighted by atomic mass is 15.1. The minimum atomic E-state index is 0.381. The van der Waals surface area contributed by atoms with Gasteiger partial charge in [-0.1, -0.05) is 17.3 Å². The molecule has 0 aliphatic carbocycles. The first-order valence-electron chi connectivity index (χ1n) is 4.80. The number of hydrogen-bond donors (Lipinski definition) is 1. The minimum Gasteiger partial charge on any atom is -0.370 e. The van der Waals surface area contributed by atoms with Crippen molar-refractivity contribution in [2.75, 3.05) is 18.4 Å². The van der Waals surface area contributed by atoms with Gasteiger partial charge in [-0.2, -0.15) is 0 Å². The Hall–Kier alpha value is -2.00. The van der Waals surface area contributed by atoms with Gasteiger partial charge >= 0.3 is 0 Å².